The molecule has 2 N–H and O–H groups in total. The molecule has 2 aromatic carbocycles. The Hall–Kier alpha value is -3.78. The number of nitrogens with one attached hydrogen (secondary N) is 2. The highest BCUT2D eigenvalue weighted by atomic mass is 16.5. The van der Waals surface area contributed by atoms with Crippen LogP contribution >= 0.6 is 0 Å². The number of hydrogen-bond donors (Lipinski definition) is 2. The van der Waals surface area contributed by atoms with Crippen LogP contribution in [0.1, 0.15) is 40.5 Å². The number of nitrogens with zero attached hydrogens (tertiary/aromatic N) is 4. The number of benzene rings is 2. The average molecular weight is 445 g/mol. The van der Waals surface area contributed by atoms with Crippen molar-refractivity contribution in [3.05, 3.63) is 77.4 Å². The zero-order valence-corrected chi connectivity index (χ0v) is 19.3. The summed E-state index contributed by atoms with van der Waals surface area (Å²) in [4.78, 5) is 26.6. The topological polar surface area (TPSA) is 94.0 Å². The van der Waals surface area contributed by atoms with Crippen molar-refractivity contribution < 1.29 is 9.53 Å². The molecule has 1 amide bonds. The third-order valence-corrected chi connectivity index (χ3v) is 5.30. The molecule has 170 valence electrons. The van der Waals surface area contributed by atoms with Crippen LogP contribution in [0.15, 0.2) is 54.6 Å². The number of carbonyl (C=O) groups excluding carboxylic acids is 1. The summed E-state index contributed by atoms with van der Waals surface area (Å²) in [6.07, 6.45) is 0. The molecule has 0 bridgehead atoms. The zero-order valence-electron chi connectivity index (χ0n) is 19.3. The lowest BCUT2D eigenvalue weighted by molar-refractivity contribution is 0.0937. The zero-order chi connectivity index (χ0) is 23.4. The van der Waals surface area contributed by atoms with Crippen molar-refractivity contribution in [1.29, 1.82) is 0 Å². The van der Waals surface area contributed by atoms with Crippen LogP contribution in [0, 0.1) is 13.8 Å². The summed E-state index contributed by atoms with van der Waals surface area (Å²) >= 11 is 0. The summed E-state index contributed by atoms with van der Waals surface area (Å²) in [5.74, 6) is 1.11. The number of carbonyl (C=O) groups is 1. The van der Waals surface area contributed by atoms with E-state index in [1.54, 1.807) is 19.2 Å². The van der Waals surface area contributed by atoms with Gasteiger partial charge in [0, 0.05) is 36.3 Å². The van der Waals surface area contributed by atoms with Gasteiger partial charge in [-0.1, -0.05) is 18.2 Å². The molecule has 0 radical (unpaired) electrons. The molecule has 8 heteroatoms. The first-order valence-electron chi connectivity index (χ1n) is 10.9. The largest absolute Gasteiger partial charge is 0.383 e. The van der Waals surface area contributed by atoms with E-state index in [2.05, 4.69) is 25.2 Å². The number of para-hydroxylation sites is 2. The van der Waals surface area contributed by atoms with Gasteiger partial charge < -0.3 is 19.9 Å². The standard InChI is InChI=1S/C25H28N6O2/c1-16-14-17(2)27-25(26-16)29-20-9-7-8-19(15-20)24(32)28-18(3)23-30-21-10-5-6-11-22(21)31(23)12-13-33-4/h5-11,14-15,18H,12-13H2,1-4H3,(H,28,32)(H,26,27,29)/t18-/m1/s1. The van der Waals surface area contributed by atoms with Gasteiger partial charge in [-0.25, -0.2) is 15.0 Å². The monoisotopic (exact) mass is 444 g/mol. The summed E-state index contributed by atoms with van der Waals surface area (Å²) in [6.45, 7) is 6.99. The quantitative estimate of drug-likeness (QED) is 0.420. The maximum absolute atomic E-state index is 13.0. The van der Waals surface area contributed by atoms with E-state index in [-0.39, 0.29) is 11.9 Å². The first kappa shape index (κ1) is 22.4. The Balaban J connectivity index is 1.53. The molecular formula is C25H28N6O2. The van der Waals surface area contributed by atoms with Crippen LogP contribution in [0.25, 0.3) is 11.0 Å². The third kappa shape index (κ3) is 5.18. The van der Waals surface area contributed by atoms with Gasteiger partial charge in [0.25, 0.3) is 5.91 Å². The summed E-state index contributed by atoms with van der Waals surface area (Å²) in [7, 11) is 1.67. The number of aryl methyl sites for hydroxylation is 2. The van der Waals surface area contributed by atoms with Crippen LogP contribution < -0.4 is 10.6 Å². The predicted octanol–water partition coefficient (Wildman–Crippen LogP) is 4.32. The molecule has 0 saturated heterocycles. The van der Waals surface area contributed by atoms with E-state index in [0.717, 1.165) is 33.9 Å². The van der Waals surface area contributed by atoms with E-state index in [0.29, 0.717) is 24.7 Å². The molecule has 0 aliphatic heterocycles. The van der Waals surface area contributed by atoms with Crippen molar-refractivity contribution in [3.63, 3.8) is 0 Å². The van der Waals surface area contributed by atoms with Gasteiger partial charge >= 0.3 is 0 Å². The van der Waals surface area contributed by atoms with Gasteiger partial charge in [-0.15, -0.1) is 0 Å². The van der Waals surface area contributed by atoms with Crippen molar-refractivity contribution in [2.24, 2.45) is 0 Å². The molecular weight excluding hydrogens is 416 g/mol. The van der Waals surface area contributed by atoms with Crippen LogP contribution in [0.4, 0.5) is 11.6 Å². The lowest BCUT2D eigenvalue weighted by Gasteiger charge is -2.16. The van der Waals surface area contributed by atoms with Crippen LogP contribution in [0.3, 0.4) is 0 Å². The van der Waals surface area contributed by atoms with E-state index in [9.17, 15) is 4.79 Å². The predicted molar refractivity (Wildman–Crippen MR) is 129 cm³/mol. The minimum Gasteiger partial charge on any atom is -0.383 e. The van der Waals surface area contributed by atoms with Crippen molar-refractivity contribution in [1.82, 2.24) is 24.8 Å². The molecule has 0 aliphatic carbocycles. The molecule has 1 atom stereocenters. The molecule has 33 heavy (non-hydrogen) atoms. The summed E-state index contributed by atoms with van der Waals surface area (Å²) in [6, 6.07) is 16.8. The molecule has 0 spiro atoms. The Morgan fingerprint density at radius 2 is 1.79 bits per heavy atom. The lowest BCUT2D eigenvalue weighted by Crippen LogP contribution is -2.29. The van der Waals surface area contributed by atoms with Gasteiger partial charge in [0.15, 0.2) is 0 Å². The third-order valence-electron chi connectivity index (χ3n) is 5.30. The minimum atomic E-state index is -0.291. The summed E-state index contributed by atoms with van der Waals surface area (Å²) < 4.78 is 7.37. The molecule has 4 aromatic rings. The molecule has 0 aliphatic rings. The average Bonchev–Trinajstić information content (AvgIpc) is 3.16. The van der Waals surface area contributed by atoms with E-state index in [1.165, 1.54) is 0 Å². The first-order chi connectivity index (χ1) is 15.9. The van der Waals surface area contributed by atoms with Crippen LogP contribution in [-0.4, -0.2) is 39.1 Å². The first-order valence-corrected chi connectivity index (χ1v) is 10.9. The Labute approximate surface area is 193 Å². The Morgan fingerprint density at radius 3 is 2.55 bits per heavy atom. The molecule has 2 aromatic heterocycles. The SMILES string of the molecule is COCCn1c([C@@H](C)NC(=O)c2cccc(Nc3nc(C)cc(C)n3)c2)nc2ccccc21. The fraction of sp³-hybridized carbons (Fsp3) is 0.280. The van der Waals surface area contributed by atoms with Gasteiger partial charge in [-0.05, 0) is 57.2 Å². The molecule has 0 saturated carbocycles. The Kier molecular flexibility index (Phi) is 6.65. The highest BCUT2D eigenvalue weighted by Crippen LogP contribution is 2.22. The molecule has 0 fully saturated rings. The minimum absolute atomic E-state index is 0.183. The van der Waals surface area contributed by atoms with E-state index in [4.69, 9.17) is 9.72 Å². The summed E-state index contributed by atoms with van der Waals surface area (Å²) in [5, 5.41) is 6.26. The van der Waals surface area contributed by atoms with Gasteiger partial charge in [0.1, 0.15) is 5.82 Å². The fourth-order valence-corrected chi connectivity index (χ4v) is 3.84. The lowest BCUT2D eigenvalue weighted by atomic mass is 10.1. The van der Waals surface area contributed by atoms with Crippen LogP contribution in [-0.2, 0) is 11.3 Å². The Morgan fingerprint density at radius 1 is 1.03 bits per heavy atom. The Bertz CT molecular complexity index is 1260. The normalized spacial score (nSPS) is 12.0. The maximum atomic E-state index is 13.0. The number of hydrogen-bond acceptors (Lipinski definition) is 6. The van der Waals surface area contributed by atoms with Crippen LogP contribution in [0.2, 0.25) is 0 Å². The highest BCUT2D eigenvalue weighted by molar-refractivity contribution is 5.95. The number of imidazole rings is 1. The number of anilines is 2. The number of ether oxygens (including phenoxy) is 1. The van der Waals surface area contributed by atoms with Gasteiger partial charge in [-0.2, -0.15) is 0 Å². The maximum Gasteiger partial charge on any atom is 0.251 e. The van der Waals surface area contributed by atoms with Crippen molar-refractivity contribution in [3.8, 4) is 0 Å². The number of aromatic nitrogens is 4. The van der Waals surface area contributed by atoms with E-state index < -0.39 is 0 Å². The smallest absolute Gasteiger partial charge is 0.251 e. The molecule has 2 heterocycles. The van der Waals surface area contributed by atoms with Gasteiger partial charge in [0.2, 0.25) is 5.95 Å². The molecule has 4 rings (SSSR count). The van der Waals surface area contributed by atoms with Crippen molar-refractivity contribution >= 4 is 28.6 Å². The summed E-state index contributed by atoms with van der Waals surface area (Å²) in [5.41, 5.74) is 4.95. The number of fused-ring (bicyclic) bond motifs is 1. The van der Waals surface area contributed by atoms with Gasteiger partial charge in [-0.3, -0.25) is 4.79 Å². The molecule has 8 nitrogen and oxygen atoms in total. The van der Waals surface area contributed by atoms with Crippen LogP contribution in [0.5, 0.6) is 0 Å². The number of methoxy groups -OCH3 is 1. The second kappa shape index (κ2) is 9.79. The molecule has 0 unspecified atom stereocenters. The van der Waals surface area contributed by atoms with Gasteiger partial charge in [0.05, 0.1) is 23.7 Å². The fourth-order valence-electron chi connectivity index (χ4n) is 3.84. The second-order valence-corrected chi connectivity index (χ2v) is 7.98. The highest BCUT2D eigenvalue weighted by Gasteiger charge is 2.19. The van der Waals surface area contributed by atoms with E-state index >= 15 is 0 Å². The number of amides is 1. The second-order valence-electron chi connectivity index (χ2n) is 7.98. The number of rotatable bonds is 8. The van der Waals surface area contributed by atoms with Crippen molar-refractivity contribution in [2.75, 3.05) is 19.0 Å². The van der Waals surface area contributed by atoms with Crippen molar-refractivity contribution in [2.45, 2.75) is 33.4 Å². The van der Waals surface area contributed by atoms with E-state index in [1.807, 2.05) is 63.2 Å².